The van der Waals surface area contributed by atoms with Crippen LogP contribution in [0.3, 0.4) is 0 Å². The molecule has 158 valence electrons. The molecule has 0 fully saturated rings. The van der Waals surface area contributed by atoms with Crippen molar-refractivity contribution >= 4 is 5.96 Å². The summed E-state index contributed by atoms with van der Waals surface area (Å²) in [5.41, 5.74) is 3.54. The zero-order valence-corrected chi connectivity index (χ0v) is 17.6. The van der Waals surface area contributed by atoms with Gasteiger partial charge in [-0.15, -0.1) is 0 Å². The number of aromatic nitrogens is 2. The van der Waals surface area contributed by atoms with E-state index in [0.717, 1.165) is 32.0 Å². The number of hydrogen-bond acceptors (Lipinski definition) is 3. The number of nitrogens with one attached hydrogen (secondary N) is 2. The quantitative estimate of drug-likeness (QED) is 0.290. The van der Waals surface area contributed by atoms with Gasteiger partial charge in [0.15, 0.2) is 5.96 Å². The van der Waals surface area contributed by atoms with E-state index < -0.39 is 0 Å². The topological polar surface area (TPSA) is 63.5 Å². The number of aliphatic imine (C=N–C) groups is 1. The number of hydrogen-bond donors (Lipinski definition) is 2. The zero-order valence-electron chi connectivity index (χ0n) is 17.6. The van der Waals surface area contributed by atoms with Crippen LogP contribution >= 0.6 is 0 Å². The fourth-order valence-corrected chi connectivity index (χ4v) is 2.99. The minimum absolute atomic E-state index is 0.610. The highest BCUT2D eigenvalue weighted by Gasteiger charge is 2.00. The summed E-state index contributed by atoms with van der Waals surface area (Å²) in [5, 5.41) is 10.9. The van der Waals surface area contributed by atoms with Crippen molar-refractivity contribution in [3.8, 4) is 0 Å². The second-order valence-corrected chi connectivity index (χ2v) is 7.04. The Labute approximate surface area is 179 Å². The molecule has 0 aliphatic rings. The molecule has 0 aliphatic heterocycles. The summed E-state index contributed by atoms with van der Waals surface area (Å²) < 4.78 is 7.75. The van der Waals surface area contributed by atoms with E-state index in [1.165, 1.54) is 16.7 Å². The smallest absolute Gasteiger partial charge is 0.191 e. The third-order valence-corrected chi connectivity index (χ3v) is 4.58. The average molecular weight is 406 g/mol. The molecular formula is C24H31N5O. The summed E-state index contributed by atoms with van der Waals surface area (Å²) >= 11 is 0. The molecule has 0 bridgehead atoms. The highest BCUT2D eigenvalue weighted by atomic mass is 16.5. The Kier molecular flexibility index (Phi) is 8.95. The van der Waals surface area contributed by atoms with E-state index >= 15 is 0 Å². The van der Waals surface area contributed by atoms with E-state index in [0.29, 0.717) is 19.8 Å². The SMILES string of the molecule is CCNC(=NCc1ccc(COCc2ccccc2)cc1)NCCCn1cccn1. The van der Waals surface area contributed by atoms with Crippen LogP contribution in [0.1, 0.15) is 30.0 Å². The maximum atomic E-state index is 5.80. The van der Waals surface area contributed by atoms with Crippen LogP contribution in [0.15, 0.2) is 78.0 Å². The molecule has 2 aromatic carbocycles. The largest absolute Gasteiger partial charge is 0.372 e. The van der Waals surface area contributed by atoms with Gasteiger partial charge < -0.3 is 15.4 Å². The lowest BCUT2D eigenvalue weighted by atomic mass is 10.1. The van der Waals surface area contributed by atoms with Gasteiger partial charge in [0.25, 0.3) is 0 Å². The molecule has 3 aromatic rings. The van der Waals surface area contributed by atoms with Crippen molar-refractivity contribution in [1.29, 1.82) is 0 Å². The summed E-state index contributed by atoms with van der Waals surface area (Å²) in [4.78, 5) is 4.69. The summed E-state index contributed by atoms with van der Waals surface area (Å²) in [6, 6.07) is 20.6. The van der Waals surface area contributed by atoms with Crippen molar-refractivity contribution in [2.45, 2.75) is 39.6 Å². The highest BCUT2D eigenvalue weighted by molar-refractivity contribution is 5.79. The van der Waals surface area contributed by atoms with E-state index in [4.69, 9.17) is 9.73 Å². The Morgan fingerprint density at radius 2 is 1.67 bits per heavy atom. The molecule has 1 aromatic heterocycles. The predicted molar refractivity (Wildman–Crippen MR) is 121 cm³/mol. The second-order valence-electron chi connectivity index (χ2n) is 7.04. The number of benzene rings is 2. The summed E-state index contributed by atoms with van der Waals surface area (Å²) in [5.74, 6) is 0.841. The lowest BCUT2D eigenvalue weighted by molar-refractivity contribution is 0.107. The molecule has 0 spiro atoms. The Balaban J connectivity index is 1.40. The molecule has 0 amide bonds. The predicted octanol–water partition coefficient (Wildman–Crippen LogP) is 3.75. The molecule has 0 saturated carbocycles. The first-order chi connectivity index (χ1) is 14.8. The van der Waals surface area contributed by atoms with Gasteiger partial charge in [-0.25, -0.2) is 4.99 Å². The molecule has 3 rings (SSSR count). The third-order valence-electron chi connectivity index (χ3n) is 4.58. The summed E-state index contributed by atoms with van der Waals surface area (Å²) in [7, 11) is 0. The first-order valence-electron chi connectivity index (χ1n) is 10.5. The lowest BCUT2D eigenvalue weighted by Gasteiger charge is -2.11. The van der Waals surface area contributed by atoms with Gasteiger partial charge in [0.1, 0.15) is 0 Å². The minimum Gasteiger partial charge on any atom is -0.372 e. The average Bonchev–Trinajstić information content (AvgIpc) is 3.30. The van der Waals surface area contributed by atoms with E-state index in [1.54, 1.807) is 6.20 Å². The van der Waals surface area contributed by atoms with Crippen LogP contribution in [0.5, 0.6) is 0 Å². The number of nitrogens with zero attached hydrogens (tertiary/aromatic N) is 3. The first kappa shape index (κ1) is 21.6. The minimum atomic E-state index is 0.610. The number of aryl methyl sites for hydroxylation is 1. The van der Waals surface area contributed by atoms with Crippen molar-refractivity contribution in [2.75, 3.05) is 13.1 Å². The fourth-order valence-electron chi connectivity index (χ4n) is 2.99. The van der Waals surface area contributed by atoms with Crippen molar-refractivity contribution in [2.24, 2.45) is 4.99 Å². The summed E-state index contributed by atoms with van der Waals surface area (Å²) in [6.45, 7) is 6.54. The molecule has 6 heteroatoms. The van der Waals surface area contributed by atoms with Gasteiger partial charge in [-0.05, 0) is 36.1 Å². The molecule has 0 aliphatic carbocycles. The monoisotopic (exact) mass is 405 g/mol. The molecule has 1 heterocycles. The lowest BCUT2D eigenvalue weighted by Crippen LogP contribution is -2.38. The number of ether oxygens (including phenoxy) is 1. The van der Waals surface area contributed by atoms with Gasteiger partial charge in [0.2, 0.25) is 0 Å². The molecule has 0 saturated heterocycles. The second kappa shape index (κ2) is 12.4. The van der Waals surface area contributed by atoms with Gasteiger partial charge in [0, 0.05) is 32.0 Å². The van der Waals surface area contributed by atoms with Crippen LogP contribution in [0, 0.1) is 0 Å². The highest BCUT2D eigenvalue weighted by Crippen LogP contribution is 2.09. The van der Waals surface area contributed by atoms with Gasteiger partial charge in [-0.1, -0.05) is 54.6 Å². The van der Waals surface area contributed by atoms with Crippen LogP contribution < -0.4 is 10.6 Å². The molecule has 0 atom stereocenters. The van der Waals surface area contributed by atoms with Crippen LogP contribution in [-0.2, 0) is 31.0 Å². The summed E-state index contributed by atoms with van der Waals surface area (Å²) in [6.07, 6.45) is 4.78. The molecular weight excluding hydrogens is 374 g/mol. The fraction of sp³-hybridized carbons (Fsp3) is 0.333. The van der Waals surface area contributed by atoms with E-state index in [2.05, 4.69) is 59.1 Å². The van der Waals surface area contributed by atoms with Crippen LogP contribution in [0.4, 0.5) is 0 Å². The maximum Gasteiger partial charge on any atom is 0.191 e. The first-order valence-corrected chi connectivity index (χ1v) is 10.5. The van der Waals surface area contributed by atoms with E-state index in [9.17, 15) is 0 Å². The molecule has 0 radical (unpaired) electrons. The van der Waals surface area contributed by atoms with Crippen molar-refractivity contribution in [3.05, 3.63) is 89.7 Å². The molecule has 2 N–H and O–H groups in total. The van der Waals surface area contributed by atoms with Gasteiger partial charge in [-0.2, -0.15) is 5.10 Å². The Morgan fingerprint density at radius 3 is 2.37 bits per heavy atom. The number of rotatable bonds is 11. The zero-order chi connectivity index (χ0) is 20.9. The number of guanidine groups is 1. The van der Waals surface area contributed by atoms with Crippen LogP contribution in [0.2, 0.25) is 0 Å². The van der Waals surface area contributed by atoms with Gasteiger partial charge >= 0.3 is 0 Å². The van der Waals surface area contributed by atoms with Crippen LogP contribution in [-0.4, -0.2) is 28.8 Å². The standard InChI is InChI=1S/C24H31N5O/c1-2-25-24(26-14-6-16-29-17-7-15-28-29)27-18-21-10-12-23(13-11-21)20-30-19-22-8-4-3-5-9-22/h3-5,7-13,15,17H,2,6,14,16,18-20H2,1H3,(H2,25,26,27). The van der Waals surface area contributed by atoms with E-state index in [-0.39, 0.29) is 0 Å². The van der Waals surface area contributed by atoms with Crippen molar-refractivity contribution in [1.82, 2.24) is 20.4 Å². The Bertz CT molecular complexity index is 860. The van der Waals surface area contributed by atoms with E-state index in [1.807, 2.05) is 35.1 Å². The normalized spacial score (nSPS) is 11.4. The van der Waals surface area contributed by atoms with Gasteiger partial charge in [-0.3, -0.25) is 4.68 Å². The molecule has 0 unspecified atom stereocenters. The Hall–Kier alpha value is -3.12. The molecule has 6 nitrogen and oxygen atoms in total. The Morgan fingerprint density at radius 1 is 0.933 bits per heavy atom. The van der Waals surface area contributed by atoms with Crippen molar-refractivity contribution < 1.29 is 4.74 Å². The van der Waals surface area contributed by atoms with Crippen molar-refractivity contribution in [3.63, 3.8) is 0 Å². The van der Waals surface area contributed by atoms with Crippen LogP contribution in [0.25, 0.3) is 0 Å². The molecule has 30 heavy (non-hydrogen) atoms. The third kappa shape index (κ3) is 7.72. The van der Waals surface area contributed by atoms with Gasteiger partial charge in [0.05, 0.1) is 19.8 Å². The maximum absolute atomic E-state index is 5.80.